The average Bonchev–Trinajstić information content (AvgIpc) is 2.66. The van der Waals surface area contributed by atoms with Gasteiger partial charge in [0.25, 0.3) is 0 Å². The Kier molecular flexibility index (Phi) is 5.04. The second-order valence-corrected chi connectivity index (χ2v) is 8.80. The third kappa shape index (κ3) is 3.97. The molecular formula is C22H29N5O2. The summed E-state index contributed by atoms with van der Waals surface area (Å²) in [5.41, 5.74) is 2.96. The van der Waals surface area contributed by atoms with Crippen LogP contribution in [0, 0.1) is 0 Å². The van der Waals surface area contributed by atoms with Gasteiger partial charge in [0, 0.05) is 24.8 Å². The summed E-state index contributed by atoms with van der Waals surface area (Å²) in [4.78, 5) is 6.68. The molecule has 2 aromatic rings. The number of pyridine rings is 1. The first-order chi connectivity index (χ1) is 13.8. The molecular weight excluding hydrogens is 366 g/mol. The maximum absolute atomic E-state index is 10.5. The van der Waals surface area contributed by atoms with E-state index in [9.17, 15) is 5.11 Å². The first kappa shape index (κ1) is 19.8. The lowest BCUT2D eigenvalue weighted by atomic mass is 9.87. The smallest absolute Gasteiger partial charge is 0.151 e. The summed E-state index contributed by atoms with van der Waals surface area (Å²) in [6, 6.07) is 5.56. The lowest BCUT2D eigenvalue weighted by Crippen LogP contribution is -2.76. The number of hydrogen-bond acceptors (Lipinski definition) is 7. The van der Waals surface area contributed by atoms with Crippen LogP contribution in [0.25, 0.3) is 17.0 Å². The van der Waals surface area contributed by atoms with Crippen molar-refractivity contribution in [1.82, 2.24) is 20.5 Å². The zero-order valence-corrected chi connectivity index (χ0v) is 17.6. The molecule has 0 radical (unpaired) electrons. The summed E-state index contributed by atoms with van der Waals surface area (Å²) < 4.78 is 5.46. The lowest BCUT2D eigenvalue weighted by Gasteiger charge is -2.55. The second kappa shape index (κ2) is 7.39. The van der Waals surface area contributed by atoms with Crippen LogP contribution in [0.5, 0.6) is 5.75 Å². The van der Waals surface area contributed by atoms with E-state index in [2.05, 4.69) is 52.2 Å². The molecule has 0 saturated carbocycles. The van der Waals surface area contributed by atoms with E-state index >= 15 is 0 Å². The molecule has 2 N–H and O–H groups in total. The summed E-state index contributed by atoms with van der Waals surface area (Å²) in [5.74, 6) is 0.940. The van der Waals surface area contributed by atoms with Crippen molar-refractivity contribution in [3.05, 3.63) is 36.0 Å². The monoisotopic (exact) mass is 395 g/mol. The van der Waals surface area contributed by atoms with Crippen LogP contribution in [0.15, 0.2) is 30.5 Å². The van der Waals surface area contributed by atoms with Crippen LogP contribution in [0.4, 0.5) is 5.82 Å². The Hall–Kier alpha value is -2.51. The summed E-state index contributed by atoms with van der Waals surface area (Å²) in [5, 5.41) is 23.0. The topological polar surface area (TPSA) is 83.4 Å². The van der Waals surface area contributed by atoms with Crippen molar-refractivity contribution >= 4 is 11.4 Å². The van der Waals surface area contributed by atoms with Crippen molar-refractivity contribution in [3.63, 3.8) is 0 Å². The van der Waals surface area contributed by atoms with Gasteiger partial charge in [-0.05, 0) is 56.5 Å². The summed E-state index contributed by atoms with van der Waals surface area (Å²) in [6.45, 7) is 11.6. The SMILES string of the molecule is CC/C=C(\C)c1cnc(-c2ccc(N3CC(C)(C)NC4(COC4)C3)nn2)c(O)c1. The Morgan fingerprint density at radius 1 is 1.28 bits per heavy atom. The fourth-order valence-electron chi connectivity index (χ4n) is 4.28. The van der Waals surface area contributed by atoms with Gasteiger partial charge < -0.3 is 14.7 Å². The number of ether oxygens (including phenoxy) is 1. The molecule has 2 fully saturated rings. The van der Waals surface area contributed by atoms with E-state index < -0.39 is 0 Å². The maximum atomic E-state index is 10.5. The lowest BCUT2D eigenvalue weighted by molar-refractivity contribution is -0.0897. The van der Waals surface area contributed by atoms with Gasteiger partial charge in [0.2, 0.25) is 0 Å². The molecule has 0 amide bonds. The van der Waals surface area contributed by atoms with Gasteiger partial charge >= 0.3 is 0 Å². The van der Waals surface area contributed by atoms with E-state index in [1.165, 1.54) is 0 Å². The van der Waals surface area contributed by atoms with Crippen LogP contribution in [0.2, 0.25) is 0 Å². The van der Waals surface area contributed by atoms with Gasteiger partial charge in [0.05, 0.1) is 18.8 Å². The van der Waals surface area contributed by atoms with Crippen molar-refractivity contribution in [1.29, 1.82) is 0 Å². The molecule has 7 nitrogen and oxygen atoms in total. The number of piperazine rings is 1. The predicted octanol–water partition coefficient (Wildman–Crippen LogP) is 3.01. The Bertz CT molecular complexity index is 919. The number of rotatable bonds is 4. The number of aromatic nitrogens is 3. The largest absolute Gasteiger partial charge is 0.506 e. The third-order valence-corrected chi connectivity index (χ3v) is 5.49. The van der Waals surface area contributed by atoms with Crippen LogP contribution in [0.1, 0.15) is 39.7 Å². The maximum Gasteiger partial charge on any atom is 0.151 e. The molecule has 4 rings (SSSR count). The standard InChI is InChI=1S/C22H29N5O2/c1-5-6-15(2)16-9-18(28)20(23-10-16)17-7-8-19(25-24-17)27-11-21(3,4)26-22(12-27)13-29-14-22/h6-10,26,28H,5,11-14H2,1-4H3/b15-6+. The number of anilines is 1. The molecule has 0 aromatic carbocycles. The zero-order chi connectivity index (χ0) is 20.6. The summed E-state index contributed by atoms with van der Waals surface area (Å²) >= 11 is 0. The number of nitrogens with zero attached hydrogens (tertiary/aromatic N) is 4. The highest BCUT2D eigenvalue weighted by Gasteiger charge is 2.48. The van der Waals surface area contributed by atoms with E-state index in [0.29, 0.717) is 24.6 Å². The van der Waals surface area contributed by atoms with Gasteiger partial charge in [-0.1, -0.05) is 13.0 Å². The quantitative estimate of drug-likeness (QED) is 0.823. The number of allylic oxidation sites excluding steroid dienone is 2. The van der Waals surface area contributed by atoms with E-state index in [1.54, 1.807) is 12.3 Å². The molecule has 2 aliphatic rings. The van der Waals surface area contributed by atoms with E-state index in [-0.39, 0.29) is 16.8 Å². The van der Waals surface area contributed by atoms with Gasteiger partial charge in [-0.15, -0.1) is 10.2 Å². The summed E-state index contributed by atoms with van der Waals surface area (Å²) in [7, 11) is 0. The highest BCUT2D eigenvalue weighted by Crippen LogP contribution is 2.32. The summed E-state index contributed by atoms with van der Waals surface area (Å²) in [6.07, 6.45) is 4.82. The highest BCUT2D eigenvalue weighted by molar-refractivity contribution is 5.69. The molecule has 4 heterocycles. The first-order valence-corrected chi connectivity index (χ1v) is 10.1. The highest BCUT2D eigenvalue weighted by atomic mass is 16.5. The first-order valence-electron chi connectivity index (χ1n) is 10.1. The molecule has 154 valence electrons. The normalized spacial score (nSPS) is 20.6. The van der Waals surface area contributed by atoms with Gasteiger partial charge in [-0.25, -0.2) is 4.98 Å². The predicted molar refractivity (Wildman–Crippen MR) is 114 cm³/mol. The number of nitrogens with one attached hydrogen (secondary N) is 1. The Morgan fingerprint density at radius 2 is 2.07 bits per heavy atom. The van der Waals surface area contributed by atoms with Gasteiger partial charge in [-0.3, -0.25) is 5.32 Å². The van der Waals surface area contributed by atoms with Crippen LogP contribution in [0.3, 0.4) is 0 Å². The van der Waals surface area contributed by atoms with E-state index in [4.69, 9.17) is 4.74 Å². The Morgan fingerprint density at radius 3 is 2.66 bits per heavy atom. The molecule has 1 spiro atoms. The van der Waals surface area contributed by atoms with Crippen molar-refractivity contribution < 1.29 is 9.84 Å². The second-order valence-electron chi connectivity index (χ2n) is 8.80. The molecule has 0 bridgehead atoms. The molecule has 7 heteroatoms. The minimum Gasteiger partial charge on any atom is -0.506 e. The molecule has 0 aliphatic carbocycles. The molecule has 0 unspecified atom stereocenters. The van der Waals surface area contributed by atoms with Crippen LogP contribution in [-0.2, 0) is 4.74 Å². The van der Waals surface area contributed by atoms with Crippen LogP contribution in [-0.4, -0.2) is 57.7 Å². The van der Waals surface area contributed by atoms with Crippen LogP contribution >= 0.6 is 0 Å². The minimum absolute atomic E-state index is 0.0123. The van der Waals surface area contributed by atoms with Crippen molar-refractivity contribution in [2.45, 2.75) is 45.2 Å². The minimum atomic E-state index is -0.0398. The molecule has 29 heavy (non-hydrogen) atoms. The van der Waals surface area contributed by atoms with Crippen molar-refractivity contribution in [2.24, 2.45) is 0 Å². The van der Waals surface area contributed by atoms with Gasteiger partial charge in [0.1, 0.15) is 17.1 Å². The van der Waals surface area contributed by atoms with Gasteiger partial charge in [0.15, 0.2) is 5.82 Å². The Labute approximate surface area is 171 Å². The number of hydrogen-bond donors (Lipinski definition) is 2. The van der Waals surface area contributed by atoms with Gasteiger partial charge in [-0.2, -0.15) is 0 Å². The van der Waals surface area contributed by atoms with Crippen LogP contribution < -0.4 is 10.2 Å². The van der Waals surface area contributed by atoms with E-state index in [0.717, 1.165) is 36.5 Å². The fourth-order valence-corrected chi connectivity index (χ4v) is 4.28. The Balaban J connectivity index is 1.56. The zero-order valence-electron chi connectivity index (χ0n) is 17.6. The van der Waals surface area contributed by atoms with E-state index in [1.807, 2.05) is 19.1 Å². The fraction of sp³-hybridized carbons (Fsp3) is 0.500. The third-order valence-electron chi connectivity index (χ3n) is 5.49. The molecule has 2 aliphatic heterocycles. The molecule has 2 aromatic heterocycles. The average molecular weight is 396 g/mol. The molecule has 0 atom stereocenters. The molecule has 2 saturated heterocycles. The van der Waals surface area contributed by atoms with Crippen molar-refractivity contribution in [2.75, 3.05) is 31.2 Å². The van der Waals surface area contributed by atoms with Crippen molar-refractivity contribution in [3.8, 4) is 17.1 Å². The number of aromatic hydroxyl groups is 1.